The van der Waals surface area contributed by atoms with E-state index in [0.717, 1.165) is 0 Å². The average Bonchev–Trinajstić information content (AvgIpc) is 3.19. The third kappa shape index (κ3) is 2.71. The van der Waals surface area contributed by atoms with Gasteiger partial charge in [-0.1, -0.05) is 20.8 Å². The van der Waals surface area contributed by atoms with Gasteiger partial charge in [-0.2, -0.15) is 0 Å². The van der Waals surface area contributed by atoms with Crippen LogP contribution in [-0.4, -0.2) is 69.5 Å². The number of rotatable bonds is 2. The van der Waals surface area contributed by atoms with E-state index in [1.54, 1.807) is 26.8 Å². The van der Waals surface area contributed by atoms with Crippen molar-refractivity contribution in [2.45, 2.75) is 76.5 Å². The Balaban J connectivity index is 2.00. The number of carbonyl (C=O) groups excluding carboxylic acids is 2. The molecule has 0 bridgehead atoms. The van der Waals surface area contributed by atoms with Crippen LogP contribution < -0.4 is 0 Å². The number of aliphatic hydroxyl groups is 4. The number of methoxy groups -OCH3 is 1. The highest BCUT2D eigenvalue weighted by molar-refractivity contribution is 5.79. The Labute approximate surface area is 186 Å². The SMILES string of the molecule is COC(=O)C1c2ccoc2CC2C1C(OC(C)=O)C(O)C1(O)C(C)(C)CC(O)C(O)C21C. The second-order valence-corrected chi connectivity index (χ2v) is 10.4. The third-order valence-corrected chi connectivity index (χ3v) is 8.57. The molecule has 1 aromatic rings. The Morgan fingerprint density at radius 1 is 1.16 bits per heavy atom. The fourth-order valence-electron chi connectivity index (χ4n) is 7.16. The smallest absolute Gasteiger partial charge is 0.313 e. The molecule has 2 fully saturated rings. The van der Waals surface area contributed by atoms with Gasteiger partial charge in [-0.05, 0) is 23.8 Å². The minimum Gasteiger partial charge on any atom is -0.469 e. The fourth-order valence-corrected chi connectivity index (χ4v) is 7.16. The van der Waals surface area contributed by atoms with Crippen LogP contribution in [0.15, 0.2) is 16.7 Å². The summed E-state index contributed by atoms with van der Waals surface area (Å²) < 4.78 is 16.3. The highest BCUT2D eigenvalue weighted by atomic mass is 16.6. The maximum atomic E-state index is 13.0. The van der Waals surface area contributed by atoms with Gasteiger partial charge in [0.2, 0.25) is 0 Å². The Bertz CT molecular complexity index is 922. The van der Waals surface area contributed by atoms with Gasteiger partial charge in [-0.3, -0.25) is 9.59 Å². The molecule has 3 aliphatic rings. The molecule has 32 heavy (non-hydrogen) atoms. The molecule has 9 atom stereocenters. The van der Waals surface area contributed by atoms with Crippen LogP contribution in [0.1, 0.15) is 51.4 Å². The number of fused-ring (bicyclic) bond motifs is 4. The number of aliphatic hydroxyl groups excluding tert-OH is 3. The number of furan rings is 1. The fraction of sp³-hybridized carbons (Fsp3) is 0.739. The molecule has 0 saturated heterocycles. The minimum atomic E-state index is -1.95. The lowest BCUT2D eigenvalue weighted by molar-refractivity contribution is -0.350. The van der Waals surface area contributed by atoms with Crippen molar-refractivity contribution in [1.29, 1.82) is 0 Å². The molecule has 2 saturated carbocycles. The predicted octanol–water partition coefficient (Wildman–Crippen LogP) is 0.520. The molecule has 0 aromatic carbocycles. The summed E-state index contributed by atoms with van der Waals surface area (Å²) in [4.78, 5) is 25.0. The van der Waals surface area contributed by atoms with Gasteiger partial charge in [0.25, 0.3) is 0 Å². The molecule has 9 heteroatoms. The lowest BCUT2D eigenvalue weighted by atomic mass is 9.38. The van der Waals surface area contributed by atoms with Crippen molar-refractivity contribution in [3.63, 3.8) is 0 Å². The van der Waals surface area contributed by atoms with Crippen molar-refractivity contribution in [3.8, 4) is 0 Å². The first-order valence-corrected chi connectivity index (χ1v) is 10.9. The highest BCUT2D eigenvalue weighted by Crippen LogP contribution is 2.67. The molecule has 1 heterocycles. The van der Waals surface area contributed by atoms with Gasteiger partial charge in [-0.15, -0.1) is 0 Å². The second-order valence-electron chi connectivity index (χ2n) is 10.4. The van der Waals surface area contributed by atoms with Crippen LogP contribution in [0.2, 0.25) is 0 Å². The normalized spacial score (nSPS) is 44.6. The summed E-state index contributed by atoms with van der Waals surface area (Å²) in [5.41, 5.74) is -3.93. The summed E-state index contributed by atoms with van der Waals surface area (Å²) in [5, 5.41) is 45.8. The standard InChI is InChI=1S/C23H32O9/c1-10(24)32-17-16-12(8-14-11(6-7-31-14)15(16)20(28)30-5)22(4)18(26)13(25)9-21(2,3)23(22,29)19(17)27/h6-7,12-13,15-19,25-27,29H,8-9H2,1-5H3. The summed E-state index contributed by atoms with van der Waals surface area (Å²) in [5.74, 6) is -3.25. The van der Waals surface area contributed by atoms with Crippen LogP contribution in [0, 0.1) is 22.7 Å². The van der Waals surface area contributed by atoms with Crippen LogP contribution in [0.5, 0.6) is 0 Å². The van der Waals surface area contributed by atoms with E-state index in [0.29, 0.717) is 11.3 Å². The molecule has 3 aliphatic carbocycles. The van der Waals surface area contributed by atoms with E-state index in [9.17, 15) is 30.0 Å². The van der Waals surface area contributed by atoms with E-state index >= 15 is 0 Å². The van der Waals surface area contributed by atoms with Crippen LogP contribution >= 0.6 is 0 Å². The largest absolute Gasteiger partial charge is 0.469 e. The van der Waals surface area contributed by atoms with Crippen LogP contribution in [0.25, 0.3) is 0 Å². The maximum absolute atomic E-state index is 13.0. The van der Waals surface area contributed by atoms with Gasteiger partial charge in [0, 0.05) is 30.2 Å². The molecule has 0 spiro atoms. The molecule has 178 valence electrons. The van der Waals surface area contributed by atoms with Gasteiger partial charge in [0.15, 0.2) is 0 Å². The summed E-state index contributed by atoms with van der Waals surface area (Å²) in [6.45, 7) is 6.22. The van der Waals surface area contributed by atoms with Gasteiger partial charge in [-0.25, -0.2) is 0 Å². The van der Waals surface area contributed by atoms with Crippen molar-refractivity contribution in [2.75, 3.05) is 7.11 Å². The molecule has 9 unspecified atom stereocenters. The number of hydrogen-bond donors (Lipinski definition) is 4. The lowest BCUT2D eigenvalue weighted by Crippen LogP contribution is -2.81. The molecular formula is C23H32O9. The summed E-state index contributed by atoms with van der Waals surface area (Å²) in [7, 11) is 1.24. The maximum Gasteiger partial charge on any atom is 0.313 e. The Hall–Kier alpha value is -1.94. The summed E-state index contributed by atoms with van der Waals surface area (Å²) in [6.07, 6.45) is -3.77. The molecule has 0 amide bonds. The van der Waals surface area contributed by atoms with E-state index < -0.39 is 70.5 Å². The molecule has 0 aliphatic heterocycles. The number of esters is 2. The Kier molecular flexibility index (Phi) is 5.28. The van der Waals surface area contributed by atoms with E-state index in [1.165, 1.54) is 20.3 Å². The first-order valence-electron chi connectivity index (χ1n) is 10.9. The number of carbonyl (C=O) groups is 2. The van der Waals surface area contributed by atoms with Crippen LogP contribution in [-0.2, 0) is 25.5 Å². The molecule has 0 radical (unpaired) electrons. The predicted molar refractivity (Wildman–Crippen MR) is 109 cm³/mol. The molecule has 1 aromatic heterocycles. The zero-order valence-corrected chi connectivity index (χ0v) is 18.9. The van der Waals surface area contributed by atoms with Crippen LogP contribution in [0.3, 0.4) is 0 Å². The third-order valence-electron chi connectivity index (χ3n) is 8.57. The lowest BCUT2D eigenvalue weighted by Gasteiger charge is -2.70. The molecular weight excluding hydrogens is 420 g/mol. The van der Waals surface area contributed by atoms with Gasteiger partial charge >= 0.3 is 11.9 Å². The minimum absolute atomic E-state index is 0.0218. The van der Waals surface area contributed by atoms with E-state index in [4.69, 9.17) is 13.9 Å². The van der Waals surface area contributed by atoms with Crippen molar-refractivity contribution in [3.05, 3.63) is 23.7 Å². The second kappa shape index (κ2) is 7.28. The van der Waals surface area contributed by atoms with E-state index in [1.807, 2.05) is 0 Å². The first kappa shape index (κ1) is 23.2. The van der Waals surface area contributed by atoms with Crippen LogP contribution in [0.4, 0.5) is 0 Å². The monoisotopic (exact) mass is 452 g/mol. The van der Waals surface area contributed by atoms with Crippen molar-refractivity contribution in [1.82, 2.24) is 0 Å². The zero-order valence-electron chi connectivity index (χ0n) is 18.9. The van der Waals surface area contributed by atoms with Crippen molar-refractivity contribution in [2.24, 2.45) is 22.7 Å². The average molecular weight is 453 g/mol. The molecule has 4 rings (SSSR count). The quantitative estimate of drug-likeness (QED) is 0.472. The number of ether oxygens (including phenoxy) is 2. The zero-order chi connectivity index (χ0) is 23.8. The van der Waals surface area contributed by atoms with Gasteiger partial charge in [0.05, 0.1) is 31.5 Å². The summed E-state index contributed by atoms with van der Waals surface area (Å²) >= 11 is 0. The van der Waals surface area contributed by atoms with E-state index in [-0.39, 0.29) is 12.8 Å². The van der Waals surface area contributed by atoms with E-state index in [2.05, 4.69) is 0 Å². The van der Waals surface area contributed by atoms with Crippen molar-refractivity contribution < 1.29 is 43.9 Å². The summed E-state index contributed by atoms with van der Waals surface area (Å²) in [6, 6.07) is 1.64. The number of hydrogen-bond acceptors (Lipinski definition) is 9. The molecule has 4 N–H and O–H groups in total. The Morgan fingerprint density at radius 2 is 1.81 bits per heavy atom. The van der Waals surface area contributed by atoms with Crippen molar-refractivity contribution >= 4 is 11.9 Å². The molecule has 9 nitrogen and oxygen atoms in total. The topological polar surface area (TPSA) is 147 Å². The first-order chi connectivity index (χ1) is 14.8. The van der Waals surface area contributed by atoms with Gasteiger partial charge < -0.3 is 34.3 Å². The highest BCUT2D eigenvalue weighted by Gasteiger charge is 2.77. The Morgan fingerprint density at radius 3 is 2.41 bits per heavy atom. The van der Waals surface area contributed by atoms with Gasteiger partial charge in [0.1, 0.15) is 23.6 Å².